The van der Waals surface area contributed by atoms with E-state index in [0.29, 0.717) is 6.61 Å². The third-order valence-corrected chi connectivity index (χ3v) is 8.61. The number of esters is 1. The highest BCUT2D eigenvalue weighted by atomic mass is 28.3. The van der Waals surface area contributed by atoms with Crippen LogP contribution in [0.4, 0.5) is 0 Å². The number of methoxy groups -OCH3 is 2. The number of rotatable bonds is 6. The lowest BCUT2D eigenvalue weighted by Gasteiger charge is -2.34. The van der Waals surface area contributed by atoms with Crippen LogP contribution in [0.5, 0.6) is 0 Å². The Morgan fingerprint density at radius 1 is 1.21 bits per heavy atom. The van der Waals surface area contributed by atoms with Crippen LogP contribution in [0.3, 0.4) is 0 Å². The Morgan fingerprint density at radius 2 is 1.79 bits per heavy atom. The summed E-state index contributed by atoms with van der Waals surface area (Å²) in [5.41, 5.74) is 0.252. The van der Waals surface area contributed by atoms with Gasteiger partial charge in [0.25, 0.3) is 0 Å². The van der Waals surface area contributed by atoms with Crippen molar-refractivity contribution in [2.24, 2.45) is 5.92 Å². The Balaban J connectivity index is 3.00. The van der Waals surface area contributed by atoms with Crippen molar-refractivity contribution in [3.63, 3.8) is 0 Å². The van der Waals surface area contributed by atoms with Gasteiger partial charge in [0.05, 0.1) is 27.7 Å². The molecule has 0 fully saturated rings. The molecule has 0 aromatic heterocycles. The van der Waals surface area contributed by atoms with E-state index in [-0.39, 0.29) is 17.4 Å². The third kappa shape index (κ3) is 3.67. The van der Waals surface area contributed by atoms with Gasteiger partial charge < -0.3 is 9.47 Å². The van der Waals surface area contributed by atoms with Gasteiger partial charge in [-0.2, -0.15) is 0 Å². The lowest BCUT2D eigenvalue weighted by Crippen LogP contribution is -2.49. The van der Waals surface area contributed by atoms with Crippen LogP contribution in [0.1, 0.15) is 6.92 Å². The van der Waals surface area contributed by atoms with Gasteiger partial charge in [-0.25, -0.2) is 0 Å². The highest BCUT2D eigenvalue weighted by Crippen LogP contribution is 2.30. The second-order valence-corrected chi connectivity index (χ2v) is 10.4. The second kappa shape index (κ2) is 6.87. The zero-order valence-electron chi connectivity index (χ0n) is 12.5. The molecule has 1 aromatic rings. The molecule has 0 spiro atoms. The van der Waals surface area contributed by atoms with Gasteiger partial charge in [-0.1, -0.05) is 55.5 Å². The van der Waals surface area contributed by atoms with E-state index in [0.717, 1.165) is 0 Å². The van der Waals surface area contributed by atoms with Gasteiger partial charge in [0.1, 0.15) is 0 Å². The molecule has 106 valence electrons. The Hall–Kier alpha value is -1.13. The van der Waals surface area contributed by atoms with Crippen molar-refractivity contribution in [2.45, 2.75) is 25.6 Å². The number of carbonyl (C=O) groups excluding carboxylic acids is 1. The smallest absolute Gasteiger partial charge is 0.310 e. The van der Waals surface area contributed by atoms with Crippen molar-refractivity contribution >= 4 is 19.2 Å². The van der Waals surface area contributed by atoms with Crippen molar-refractivity contribution < 1.29 is 14.3 Å². The van der Waals surface area contributed by atoms with E-state index < -0.39 is 8.07 Å². The summed E-state index contributed by atoms with van der Waals surface area (Å²) < 4.78 is 10.1. The minimum Gasteiger partial charge on any atom is -0.469 e. The molecular weight excluding hydrogens is 256 g/mol. The minimum absolute atomic E-state index is 0.175. The van der Waals surface area contributed by atoms with Gasteiger partial charge in [0, 0.05) is 7.11 Å². The molecule has 0 aliphatic rings. The first-order chi connectivity index (χ1) is 8.95. The highest BCUT2D eigenvalue weighted by Gasteiger charge is 2.39. The molecular formula is C15H24O3Si. The number of carbonyl (C=O) groups is 1. The van der Waals surface area contributed by atoms with Gasteiger partial charge >= 0.3 is 5.97 Å². The van der Waals surface area contributed by atoms with Gasteiger partial charge in [-0.15, -0.1) is 0 Å². The Bertz CT molecular complexity index is 403. The molecule has 0 aliphatic heterocycles. The summed E-state index contributed by atoms with van der Waals surface area (Å²) in [6, 6.07) is 10.4. The molecule has 2 atom stereocenters. The Morgan fingerprint density at radius 3 is 2.26 bits per heavy atom. The normalized spacial score (nSPS) is 14.8. The first-order valence-electron chi connectivity index (χ1n) is 6.57. The zero-order valence-corrected chi connectivity index (χ0v) is 13.5. The third-order valence-electron chi connectivity index (χ3n) is 4.11. The van der Waals surface area contributed by atoms with Crippen molar-refractivity contribution in [2.75, 3.05) is 20.8 Å². The van der Waals surface area contributed by atoms with E-state index in [4.69, 9.17) is 9.47 Å². The summed E-state index contributed by atoms with van der Waals surface area (Å²) in [6.07, 6.45) is 0. The van der Waals surface area contributed by atoms with E-state index in [1.807, 2.05) is 6.07 Å². The molecule has 0 unspecified atom stereocenters. The average Bonchev–Trinajstić information content (AvgIpc) is 2.44. The molecule has 0 amide bonds. The average molecular weight is 280 g/mol. The fourth-order valence-electron chi connectivity index (χ4n) is 2.38. The minimum atomic E-state index is -1.74. The summed E-state index contributed by atoms with van der Waals surface area (Å²) in [5, 5.41) is 1.35. The van der Waals surface area contributed by atoms with E-state index in [2.05, 4.69) is 44.3 Å². The Kier molecular flexibility index (Phi) is 5.75. The summed E-state index contributed by atoms with van der Waals surface area (Å²) >= 11 is 0. The summed E-state index contributed by atoms with van der Waals surface area (Å²) in [5.74, 6) is -0.372. The first-order valence-corrected chi connectivity index (χ1v) is 9.65. The van der Waals surface area contributed by atoms with Crippen molar-refractivity contribution in [1.82, 2.24) is 0 Å². The molecule has 0 heterocycles. The van der Waals surface area contributed by atoms with E-state index >= 15 is 0 Å². The molecule has 0 bridgehead atoms. The summed E-state index contributed by atoms with van der Waals surface area (Å²) in [6.45, 7) is 7.13. The van der Waals surface area contributed by atoms with Crippen LogP contribution in [0.15, 0.2) is 30.3 Å². The molecule has 1 rings (SSSR count). The molecule has 0 aliphatic carbocycles. The molecule has 19 heavy (non-hydrogen) atoms. The van der Waals surface area contributed by atoms with Crippen molar-refractivity contribution in [3.8, 4) is 0 Å². The topological polar surface area (TPSA) is 35.5 Å². The van der Waals surface area contributed by atoms with Crippen LogP contribution in [0.2, 0.25) is 18.6 Å². The van der Waals surface area contributed by atoms with Crippen molar-refractivity contribution in [1.29, 1.82) is 0 Å². The maximum atomic E-state index is 11.9. The van der Waals surface area contributed by atoms with E-state index in [9.17, 15) is 4.79 Å². The number of ether oxygens (including phenoxy) is 2. The van der Waals surface area contributed by atoms with Gasteiger partial charge in [-0.05, 0) is 5.54 Å². The predicted molar refractivity (Wildman–Crippen MR) is 80.4 cm³/mol. The number of hydrogen-bond donors (Lipinski definition) is 0. The lowest BCUT2D eigenvalue weighted by atomic mass is 10.1. The molecule has 0 N–H and O–H groups in total. The van der Waals surface area contributed by atoms with Crippen LogP contribution in [0, 0.1) is 5.92 Å². The predicted octanol–water partition coefficient (Wildman–Crippen LogP) is 2.43. The van der Waals surface area contributed by atoms with Crippen molar-refractivity contribution in [3.05, 3.63) is 30.3 Å². The number of hydrogen-bond acceptors (Lipinski definition) is 3. The molecule has 1 aromatic carbocycles. The molecule has 4 heteroatoms. The van der Waals surface area contributed by atoms with E-state index in [1.54, 1.807) is 7.11 Å². The SMILES string of the molecule is COC[C@@H](C(=O)OC)[C@H](C)[Si](C)(C)c1ccccc1. The van der Waals surface area contributed by atoms with Gasteiger partial charge in [-0.3, -0.25) is 4.79 Å². The van der Waals surface area contributed by atoms with Gasteiger partial charge in [0.15, 0.2) is 0 Å². The fraction of sp³-hybridized carbons (Fsp3) is 0.533. The van der Waals surface area contributed by atoms with Crippen LogP contribution < -0.4 is 5.19 Å². The second-order valence-electron chi connectivity index (χ2n) is 5.46. The largest absolute Gasteiger partial charge is 0.469 e. The molecule has 3 nitrogen and oxygen atoms in total. The monoisotopic (exact) mass is 280 g/mol. The molecule has 0 saturated heterocycles. The van der Waals surface area contributed by atoms with Crippen LogP contribution in [-0.2, 0) is 14.3 Å². The maximum Gasteiger partial charge on any atom is 0.310 e. The van der Waals surface area contributed by atoms with Crippen LogP contribution >= 0.6 is 0 Å². The Labute approximate surface area is 116 Å². The highest BCUT2D eigenvalue weighted by molar-refractivity contribution is 6.91. The molecule has 0 radical (unpaired) electrons. The van der Waals surface area contributed by atoms with E-state index in [1.165, 1.54) is 12.3 Å². The maximum absolute atomic E-state index is 11.9. The summed E-state index contributed by atoms with van der Waals surface area (Å²) in [4.78, 5) is 11.9. The van der Waals surface area contributed by atoms with Crippen LogP contribution in [-0.4, -0.2) is 34.9 Å². The molecule has 0 saturated carbocycles. The standard InChI is InChI=1S/C15H24O3Si/c1-12(14(11-17-2)15(16)18-3)19(4,5)13-9-7-6-8-10-13/h6-10,12,14H,11H2,1-5H3/t12-,14+/m0/s1. The quantitative estimate of drug-likeness (QED) is 0.593. The first kappa shape index (κ1) is 15.9. The zero-order chi connectivity index (χ0) is 14.5. The lowest BCUT2D eigenvalue weighted by molar-refractivity contribution is -0.147. The van der Waals surface area contributed by atoms with Gasteiger partial charge in [0.2, 0.25) is 0 Å². The fourth-order valence-corrected chi connectivity index (χ4v) is 5.20. The van der Waals surface area contributed by atoms with Crippen LogP contribution in [0.25, 0.3) is 0 Å². The summed E-state index contributed by atoms with van der Waals surface area (Å²) in [7, 11) is 1.32. The number of benzene rings is 1.